The first-order chi connectivity index (χ1) is 13.0. The van der Waals surface area contributed by atoms with Crippen LogP contribution in [0.15, 0.2) is 58.7 Å². The highest BCUT2D eigenvalue weighted by Crippen LogP contribution is 2.30. The molecule has 0 aliphatic rings. The van der Waals surface area contributed by atoms with E-state index >= 15 is 0 Å². The van der Waals surface area contributed by atoms with Crippen molar-refractivity contribution in [1.29, 1.82) is 0 Å². The van der Waals surface area contributed by atoms with Gasteiger partial charge in [-0.15, -0.1) is 4.91 Å². The summed E-state index contributed by atoms with van der Waals surface area (Å²) in [6, 6.07) is 11.6. The minimum Gasteiger partial charge on any atom is -0.459 e. The number of halogens is 3. The van der Waals surface area contributed by atoms with Crippen LogP contribution in [-0.2, 0) is 6.61 Å². The van der Waals surface area contributed by atoms with E-state index in [-0.39, 0.29) is 24.1 Å². The summed E-state index contributed by atoms with van der Waals surface area (Å²) >= 11 is 12.9. The van der Waals surface area contributed by atoms with Gasteiger partial charge in [-0.2, -0.15) is 4.98 Å². The topological polar surface area (TPSA) is 76.5 Å². The zero-order valence-electron chi connectivity index (χ0n) is 13.5. The number of ether oxygens (including phenoxy) is 1. The molecule has 1 heterocycles. The highest BCUT2D eigenvalue weighted by Gasteiger charge is 2.10. The number of hydrogen-bond donors (Lipinski definition) is 1. The molecule has 3 aromatic rings. The number of benzene rings is 2. The van der Waals surface area contributed by atoms with Crippen LogP contribution >= 0.6 is 35.1 Å². The maximum Gasteiger partial charge on any atom is 0.318 e. The maximum atomic E-state index is 13.9. The Bertz CT molecular complexity index is 957. The van der Waals surface area contributed by atoms with E-state index in [2.05, 4.69) is 19.9 Å². The first kappa shape index (κ1) is 19.3. The summed E-state index contributed by atoms with van der Waals surface area (Å²) in [6.07, 6.45) is 0.986. The number of nitrogens with zero attached hydrogens (tertiary/aromatic N) is 3. The van der Waals surface area contributed by atoms with E-state index in [1.165, 1.54) is 0 Å². The summed E-state index contributed by atoms with van der Waals surface area (Å²) in [5.74, 6) is -0.757. The molecule has 0 aliphatic carbocycles. The number of rotatable bonds is 7. The van der Waals surface area contributed by atoms with Gasteiger partial charge in [0.2, 0.25) is 0 Å². The van der Waals surface area contributed by atoms with Crippen LogP contribution in [0.25, 0.3) is 0 Å². The molecule has 0 spiro atoms. The predicted octanol–water partition coefficient (Wildman–Crippen LogP) is 6.02. The highest BCUT2D eigenvalue weighted by molar-refractivity contribution is 8.00. The van der Waals surface area contributed by atoms with Gasteiger partial charge in [0.15, 0.2) is 11.6 Å². The van der Waals surface area contributed by atoms with Crippen molar-refractivity contribution in [1.82, 2.24) is 9.97 Å². The van der Waals surface area contributed by atoms with Gasteiger partial charge in [0.1, 0.15) is 12.3 Å². The molecule has 0 saturated heterocycles. The van der Waals surface area contributed by atoms with Crippen LogP contribution in [0, 0.1) is 10.7 Å². The molecule has 1 N–H and O–H groups in total. The zero-order valence-corrected chi connectivity index (χ0v) is 15.9. The Morgan fingerprint density at radius 1 is 1.19 bits per heavy atom. The van der Waals surface area contributed by atoms with Crippen molar-refractivity contribution in [3.8, 4) is 6.01 Å². The highest BCUT2D eigenvalue weighted by atomic mass is 35.5. The molecule has 0 amide bonds. The number of nitroso groups, excluding NO2 is 1. The van der Waals surface area contributed by atoms with Gasteiger partial charge >= 0.3 is 6.01 Å². The van der Waals surface area contributed by atoms with Crippen molar-refractivity contribution >= 4 is 46.7 Å². The van der Waals surface area contributed by atoms with Gasteiger partial charge in [-0.3, -0.25) is 0 Å². The predicted molar refractivity (Wildman–Crippen MR) is 104 cm³/mol. The zero-order chi connectivity index (χ0) is 19.2. The lowest BCUT2D eigenvalue weighted by molar-refractivity contribution is 0.280. The van der Waals surface area contributed by atoms with Gasteiger partial charge in [-0.1, -0.05) is 35.3 Å². The monoisotopic (exact) mass is 424 g/mol. The molecule has 0 radical (unpaired) electrons. The Morgan fingerprint density at radius 2 is 1.93 bits per heavy atom. The third-order valence-electron chi connectivity index (χ3n) is 3.23. The van der Waals surface area contributed by atoms with E-state index in [0.29, 0.717) is 14.9 Å². The van der Waals surface area contributed by atoms with Gasteiger partial charge in [0.25, 0.3) is 0 Å². The Labute approximate surface area is 168 Å². The van der Waals surface area contributed by atoms with E-state index in [4.69, 9.17) is 27.9 Å². The van der Waals surface area contributed by atoms with Crippen molar-refractivity contribution in [2.45, 2.75) is 11.5 Å². The second-order valence-corrected chi connectivity index (χ2v) is 6.90. The number of aromatic nitrogens is 2. The first-order valence-electron chi connectivity index (χ1n) is 7.50. The van der Waals surface area contributed by atoms with Crippen molar-refractivity contribution in [3.63, 3.8) is 0 Å². The normalized spacial score (nSPS) is 10.5. The van der Waals surface area contributed by atoms with Gasteiger partial charge in [-0.05, 0) is 53.0 Å². The minimum atomic E-state index is -0.669. The molecule has 0 bridgehead atoms. The lowest BCUT2D eigenvalue weighted by Crippen LogP contribution is -2.03. The van der Waals surface area contributed by atoms with Gasteiger partial charge in [0, 0.05) is 10.0 Å². The Hall–Kier alpha value is -2.42. The Balaban J connectivity index is 1.69. The van der Waals surface area contributed by atoms with Crippen LogP contribution in [0.2, 0.25) is 10.0 Å². The van der Waals surface area contributed by atoms with Crippen LogP contribution in [0.3, 0.4) is 0 Å². The largest absolute Gasteiger partial charge is 0.459 e. The molecule has 3 rings (SSSR count). The summed E-state index contributed by atoms with van der Waals surface area (Å²) in [5.41, 5.74) is 0.953. The lowest BCUT2D eigenvalue weighted by atomic mass is 10.2. The smallest absolute Gasteiger partial charge is 0.318 e. The molecule has 138 valence electrons. The Kier molecular flexibility index (Phi) is 6.44. The summed E-state index contributed by atoms with van der Waals surface area (Å²) in [7, 11) is 0. The molecule has 10 heteroatoms. The van der Waals surface area contributed by atoms with Crippen LogP contribution < -0.4 is 9.46 Å². The van der Waals surface area contributed by atoms with Crippen LogP contribution in [0.5, 0.6) is 6.01 Å². The summed E-state index contributed by atoms with van der Waals surface area (Å²) in [4.78, 5) is 19.1. The Morgan fingerprint density at radius 3 is 2.67 bits per heavy atom. The number of nitrogens with one attached hydrogen (secondary N) is 1. The summed E-state index contributed by atoms with van der Waals surface area (Å²) in [5, 5.41) is 3.87. The average Bonchev–Trinajstić information content (AvgIpc) is 2.66. The molecule has 0 unspecified atom stereocenters. The molecule has 27 heavy (non-hydrogen) atoms. The lowest BCUT2D eigenvalue weighted by Gasteiger charge is -2.09. The molecular weight excluding hydrogens is 414 g/mol. The van der Waals surface area contributed by atoms with E-state index in [1.54, 1.807) is 42.5 Å². The fourth-order valence-corrected chi connectivity index (χ4v) is 3.33. The third-order valence-corrected chi connectivity index (χ3v) is 4.53. The summed E-state index contributed by atoms with van der Waals surface area (Å²) < 4.78 is 22.1. The standard InChI is InChI=1S/C17H11Cl2FN4O2S/c18-11-5-10(6-12(19)7-11)9-26-17-21-8-13(20)16(22-17)24-27-15-4-2-1-3-14(15)23-25/h1-8H,9H2,(H,21,22,24). The fraction of sp³-hybridized carbons (Fsp3) is 0.0588. The van der Waals surface area contributed by atoms with Crippen molar-refractivity contribution in [3.05, 3.63) is 75.0 Å². The van der Waals surface area contributed by atoms with E-state index in [1.807, 2.05) is 0 Å². The van der Waals surface area contributed by atoms with Crippen LogP contribution in [0.1, 0.15) is 5.56 Å². The van der Waals surface area contributed by atoms with Gasteiger partial charge in [0.05, 0.1) is 11.1 Å². The van der Waals surface area contributed by atoms with Gasteiger partial charge < -0.3 is 9.46 Å². The fourth-order valence-electron chi connectivity index (χ4n) is 2.06. The minimum absolute atomic E-state index is 0.0302. The molecule has 2 aromatic carbocycles. The molecule has 6 nitrogen and oxygen atoms in total. The van der Waals surface area contributed by atoms with E-state index < -0.39 is 5.82 Å². The molecule has 0 aliphatic heterocycles. The van der Waals surface area contributed by atoms with Crippen LogP contribution in [0.4, 0.5) is 15.9 Å². The van der Waals surface area contributed by atoms with Crippen molar-refractivity contribution < 1.29 is 9.13 Å². The quantitative estimate of drug-likeness (QED) is 0.369. The number of anilines is 1. The average molecular weight is 425 g/mol. The van der Waals surface area contributed by atoms with Crippen molar-refractivity contribution in [2.75, 3.05) is 4.72 Å². The molecule has 1 aromatic heterocycles. The van der Waals surface area contributed by atoms with Crippen LogP contribution in [-0.4, -0.2) is 9.97 Å². The van der Waals surface area contributed by atoms with Crippen molar-refractivity contribution in [2.24, 2.45) is 5.18 Å². The molecular formula is C17H11Cl2FN4O2S. The third kappa shape index (κ3) is 5.29. The SMILES string of the molecule is O=Nc1ccccc1SNc1nc(OCc2cc(Cl)cc(Cl)c2)ncc1F. The second kappa shape index (κ2) is 8.98. The summed E-state index contributed by atoms with van der Waals surface area (Å²) in [6.45, 7) is 0.108. The molecule has 0 fully saturated rings. The maximum absolute atomic E-state index is 13.9. The number of hydrogen-bond acceptors (Lipinski definition) is 7. The van der Waals surface area contributed by atoms with Gasteiger partial charge in [-0.25, -0.2) is 9.37 Å². The second-order valence-electron chi connectivity index (χ2n) is 5.18. The van der Waals surface area contributed by atoms with E-state index in [0.717, 1.165) is 23.7 Å². The first-order valence-corrected chi connectivity index (χ1v) is 9.08. The molecule has 0 saturated carbocycles. The van der Waals surface area contributed by atoms with E-state index in [9.17, 15) is 9.30 Å². The molecule has 0 atom stereocenters.